The van der Waals surface area contributed by atoms with E-state index in [0.29, 0.717) is 0 Å². The van der Waals surface area contributed by atoms with Crippen molar-refractivity contribution in [3.05, 3.63) is 0 Å². The number of carboxylic acids is 1. The van der Waals surface area contributed by atoms with Gasteiger partial charge in [-0.2, -0.15) is 0 Å². The van der Waals surface area contributed by atoms with E-state index in [0.717, 1.165) is 0 Å². The SMILES string of the molecule is CC(OC(=O)COCCOC(=O)C(C)OC(=O)CO)C(=O)O. The van der Waals surface area contributed by atoms with E-state index in [9.17, 15) is 19.2 Å². The Hall–Kier alpha value is -2.20. The van der Waals surface area contributed by atoms with Crippen molar-refractivity contribution in [3.63, 3.8) is 0 Å². The number of carbonyl (C=O) groups is 4. The Balaban J connectivity index is 3.76. The molecule has 0 rings (SSSR count). The van der Waals surface area contributed by atoms with Crippen LogP contribution < -0.4 is 0 Å². The molecule has 0 bridgehead atoms. The molecule has 10 nitrogen and oxygen atoms in total. The number of ether oxygens (including phenoxy) is 4. The second kappa shape index (κ2) is 10.5. The molecule has 0 aliphatic rings. The fourth-order valence-corrected chi connectivity index (χ4v) is 1.04. The molecule has 2 N–H and O–H groups in total. The van der Waals surface area contributed by atoms with Gasteiger partial charge in [0.15, 0.2) is 12.2 Å². The summed E-state index contributed by atoms with van der Waals surface area (Å²) in [5.41, 5.74) is 0. The highest BCUT2D eigenvalue weighted by Gasteiger charge is 2.19. The fraction of sp³-hybridized carbons (Fsp3) is 0.667. The molecule has 0 aromatic heterocycles. The number of aliphatic hydroxyl groups excluding tert-OH is 1. The first-order valence-electron chi connectivity index (χ1n) is 6.25. The Morgan fingerprint density at radius 2 is 1.55 bits per heavy atom. The highest BCUT2D eigenvalue weighted by Crippen LogP contribution is 1.96. The average molecular weight is 322 g/mol. The van der Waals surface area contributed by atoms with Gasteiger partial charge in [0.05, 0.1) is 6.61 Å². The predicted molar refractivity (Wildman–Crippen MR) is 67.6 cm³/mol. The van der Waals surface area contributed by atoms with Crippen molar-refractivity contribution >= 4 is 23.9 Å². The largest absolute Gasteiger partial charge is 0.479 e. The minimum atomic E-state index is -1.28. The molecule has 0 saturated heterocycles. The molecule has 0 aromatic rings. The third-order valence-corrected chi connectivity index (χ3v) is 2.12. The van der Waals surface area contributed by atoms with Gasteiger partial charge < -0.3 is 29.2 Å². The van der Waals surface area contributed by atoms with Crippen LogP contribution in [0.15, 0.2) is 0 Å². The van der Waals surface area contributed by atoms with Crippen molar-refractivity contribution in [1.29, 1.82) is 0 Å². The zero-order chi connectivity index (χ0) is 17.1. The zero-order valence-corrected chi connectivity index (χ0v) is 12.1. The Morgan fingerprint density at radius 1 is 0.955 bits per heavy atom. The third-order valence-electron chi connectivity index (χ3n) is 2.12. The van der Waals surface area contributed by atoms with Crippen LogP contribution in [0.1, 0.15) is 13.8 Å². The summed E-state index contributed by atoms with van der Waals surface area (Å²) in [6.07, 6.45) is -2.46. The van der Waals surface area contributed by atoms with Crippen molar-refractivity contribution in [2.75, 3.05) is 26.4 Å². The van der Waals surface area contributed by atoms with Crippen LogP contribution in [0.3, 0.4) is 0 Å². The summed E-state index contributed by atoms with van der Waals surface area (Å²) in [6, 6.07) is 0. The number of carboxylic acid groups (broad SMARTS) is 1. The molecule has 22 heavy (non-hydrogen) atoms. The van der Waals surface area contributed by atoms with E-state index in [1.54, 1.807) is 0 Å². The lowest BCUT2D eigenvalue weighted by atomic mass is 10.4. The topological polar surface area (TPSA) is 146 Å². The lowest BCUT2D eigenvalue weighted by Crippen LogP contribution is -2.29. The molecule has 0 aliphatic carbocycles. The fourth-order valence-electron chi connectivity index (χ4n) is 1.04. The van der Waals surface area contributed by atoms with E-state index in [-0.39, 0.29) is 13.2 Å². The number of aliphatic hydroxyl groups is 1. The van der Waals surface area contributed by atoms with Gasteiger partial charge in [-0.25, -0.2) is 19.2 Å². The molecular weight excluding hydrogens is 304 g/mol. The van der Waals surface area contributed by atoms with Gasteiger partial charge in [0.1, 0.15) is 19.8 Å². The van der Waals surface area contributed by atoms with Gasteiger partial charge in [-0.15, -0.1) is 0 Å². The summed E-state index contributed by atoms with van der Waals surface area (Å²) in [7, 11) is 0. The highest BCUT2D eigenvalue weighted by molar-refractivity contribution is 5.79. The van der Waals surface area contributed by atoms with Crippen molar-refractivity contribution in [3.8, 4) is 0 Å². The van der Waals surface area contributed by atoms with Crippen molar-refractivity contribution in [2.24, 2.45) is 0 Å². The average Bonchev–Trinajstić information content (AvgIpc) is 2.45. The van der Waals surface area contributed by atoms with E-state index < -0.39 is 49.3 Å². The van der Waals surface area contributed by atoms with Gasteiger partial charge in [0.2, 0.25) is 0 Å². The van der Waals surface area contributed by atoms with E-state index in [4.69, 9.17) is 14.9 Å². The number of hydrogen-bond donors (Lipinski definition) is 2. The molecular formula is C12H18O10. The molecule has 0 aromatic carbocycles. The molecule has 0 radical (unpaired) electrons. The summed E-state index contributed by atoms with van der Waals surface area (Å²) in [4.78, 5) is 43.6. The van der Waals surface area contributed by atoms with Crippen LogP contribution in [-0.4, -0.2) is 72.7 Å². The Labute approximate surface area is 125 Å². The van der Waals surface area contributed by atoms with E-state index in [1.807, 2.05) is 0 Å². The van der Waals surface area contributed by atoms with Gasteiger partial charge in [0.25, 0.3) is 0 Å². The monoisotopic (exact) mass is 322 g/mol. The van der Waals surface area contributed by atoms with Crippen LogP contribution in [0, 0.1) is 0 Å². The normalized spacial score (nSPS) is 12.9. The Bertz CT molecular complexity index is 405. The van der Waals surface area contributed by atoms with Gasteiger partial charge in [-0.3, -0.25) is 0 Å². The van der Waals surface area contributed by atoms with Crippen LogP contribution in [0.4, 0.5) is 0 Å². The smallest absolute Gasteiger partial charge is 0.347 e. The Morgan fingerprint density at radius 3 is 2.09 bits per heavy atom. The van der Waals surface area contributed by atoms with Crippen molar-refractivity contribution < 1.29 is 48.3 Å². The molecule has 0 heterocycles. The van der Waals surface area contributed by atoms with Crippen molar-refractivity contribution in [2.45, 2.75) is 26.1 Å². The maximum atomic E-state index is 11.3. The number of rotatable bonds is 10. The van der Waals surface area contributed by atoms with Gasteiger partial charge >= 0.3 is 23.9 Å². The quantitative estimate of drug-likeness (QED) is 0.276. The zero-order valence-electron chi connectivity index (χ0n) is 12.1. The molecule has 2 unspecified atom stereocenters. The molecule has 0 fully saturated rings. The second-order valence-electron chi connectivity index (χ2n) is 3.98. The third kappa shape index (κ3) is 8.87. The number of hydrogen-bond acceptors (Lipinski definition) is 9. The Kier molecular flexibility index (Phi) is 9.46. The first kappa shape index (κ1) is 19.8. The maximum Gasteiger partial charge on any atom is 0.347 e. The minimum absolute atomic E-state index is 0.136. The summed E-state index contributed by atoms with van der Waals surface area (Å²) in [6.45, 7) is 0.769. The second-order valence-corrected chi connectivity index (χ2v) is 3.98. The summed E-state index contributed by atoms with van der Waals surface area (Å²) >= 11 is 0. The van der Waals surface area contributed by atoms with Crippen LogP contribution in [0.25, 0.3) is 0 Å². The van der Waals surface area contributed by atoms with Crippen LogP contribution in [0.5, 0.6) is 0 Å². The van der Waals surface area contributed by atoms with Crippen LogP contribution >= 0.6 is 0 Å². The maximum absolute atomic E-state index is 11.3. The molecule has 0 spiro atoms. The summed E-state index contributed by atoms with van der Waals surface area (Å²) < 4.78 is 18.5. The van der Waals surface area contributed by atoms with Crippen LogP contribution in [-0.2, 0) is 38.1 Å². The van der Waals surface area contributed by atoms with E-state index in [1.165, 1.54) is 13.8 Å². The molecule has 126 valence electrons. The molecule has 2 atom stereocenters. The number of aliphatic carboxylic acids is 1. The lowest BCUT2D eigenvalue weighted by molar-refractivity contribution is -0.170. The number of esters is 3. The van der Waals surface area contributed by atoms with Gasteiger partial charge in [0, 0.05) is 0 Å². The lowest BCUT2D eigenvalue weighted by Gasteiger charge is -2.12. The predicted octanol–water partition coefficient (Wildman–Crippen LogP) is -1.51. The van der Waals surface area contributed by atoms with Gasteiger partial charge in [-0.1, -0.05) is 0 Å². The summed E-state index contributed by atoms with van der Waals surface area (Å²) in [5.74, 6) is -3.95. The first-order valence-corrected chi connectivity index (χ1v) is 6.25. The first-order chi connectivity index (χ1) is 10.3. The molecule has 0 saturated carbocycles. The standard InChI is InChI=1S/C12H18O10/c1-7(11(16)17)21-10(15)6-19-3-4-20-12(18)8(2)22-9(14)5-13/h7-8,13H,3-6H2,1-2H3,(H,16,17). The van der Waals surface area contributed by atoms with Crippen LogP contribution in [0.2, 0.25) is 0 Å². The van der Waals surface area contributed by atoms with E-state index >= 15 is 0 Å². The van der Waals surface area contributed by atoms with Crippen molar-refractivity contribution in [1.82, 2.24) is 0 Å². The number of carbonyl (C=O) groups excluding carboxylic acids is 3. The minimum Gasteiger partial charge on any atom is -0.479 e. The highest BCUT2D eigenvalue weighted by atomic mass is 16.6. The molecule has 0 amide bonds. The summed E-state index contributed by atoms with van der Waals surface area (Å²) in [5, 5.41) is 16.9. The molecule has 0 aliphatic heterocycles. The van der Waals surface area contributed by atoms with E-state index in [2.05, 4.69) is 14.2 Å². The molecule has 10 heteroatoms. The van der Waals surface area contributed by atoms with Gasteiger partial charge in [-0.05, 0) is 13.8 Å².